The Bertz CT molecular complexity index is 595. The van der Waals surface area contributed by atoms with Crippen LogP contribution in [0.1, 0.15) is 25.8 Å². The van der Waals surface area contributed by atoms with Crippen molar-refractivity contribution in [1.29, 1.82) is 0 Å². The fourth-order valence-electron chi connectivity index (χ4n) is 2.14. The van der Waals surface area contributed by atoms with Gasteiger partial charge in [-0.05, 0) is 17.9 Å². The highest BCUT2D eigenvalue weighted by Gasteiger charge is 2.39. The maximum absolute atomic E-state index is 13.1. The molecular formula is C16H25N2O4PS. The molecule has 0 fully saturated rings. The van der Waals surface area contributed by atoms with Crippen molar-refractivity contribution in [3.05, 3.63) is 35.9 Å². The molecular weight excluding hydrogens is 347 g/mol. The summed E-state index contributed by atoms with van der Waals surface area (Å²) in [6, 6.07) is 9.32. The monoisotopic (exact) mass is 372 g/mol. The van der Waals surface area contributed by atoms with Gasteiger partial charge in [-0.2, -0.15) is 0 Å². The van der Waals surface area contributed by atoms with Crippen molar-refractivity contribution in [1.82, 2.24) is 10.6 Å². The molecule has 0 spiro atoms. The third-order valence-electron chi connectivity index (χ3n) is 3.37. The average Bonchev–Trinajstić information content (AvgIpc) is 2.58. The Hall–Kier alpha value is -1.43. The molecule has 8 heteroatoms. The van der Waals surface area contributed by atoms with Crippen LogP contribution in [-0.2, 0) is 20.4 Å². The van der Waals surface area contributed by atoms with Gasteiger partial charge in [0, 0.05) is 14.2 Å². The van der Waals surface area contributed by atoms with Crippen molar-refractivity contribution in [2.75, 3.05) is 14.2 Å². The molecule has 1 rings (SSSR count). The lowest BCUT2D eigenvalue weighted by atomic mass is 10.1. The molecule has 24 heavy (non-hydrogen) atoms. The summed E-state index contributed by atoms with van der Waals surface area (Å²) in [6.07, 6.45) is -0.200. The van der Waals surface area contributed by atoms with Gasteiger partial charge in [0.2, 0.25) is 0 Å². The Labute approximate surface area is 148 Å². The Balaban J connectivity index is 2.79. The number of hydrogen-bond donors (Lipinski definition) is 2. The molecule has 0 bridgehead atoms. The summed E-state index contributed by atoms with van der Waals surface area (Å²) in [6.45, 7) is 4.06. The highest BCUT2D eigenvalue weighted by Crippen LogP contribution is 2.52. The molecule has 1 amide bonds. The fraction of sp³-hybridized carbons (Fsp3) is 0.500. The van der Waals surface area contributed by atoms with Gasteiger partial charge in [0.25, 0.3) is 7.37 Å². The van der Waals surface area contributed by atoms with Gasteiger partial charge in [0.15, 0.2) is 4.73 Å². The van der Waals surface area contributed by atoms with E-state index >= 15 is 0 Å². The van der Waals surface area contributed by atoms with Crippen LogP contribution in [0.2, 0.25) is 0 Å². The van der Waals surface area contributed by atoms with E-state index in [1.54, 1.807) is 7.05 Å². The van der Waals surface area contributed by atoms with Crippen LogP contribution in [0.4, 0.5) is 4.79 Å². The topological polar surface area (TPSA) is 76.7 Å². The first kappa shape index (κ1) is 20.6. The molecule has 0 aliphatic rings. The largest absolute Gasteiger partial charge is 0.445 e. The number of benzene rings is 1. The van der Waals surface area contributed by atoms with E-state index < -0.39 is 19.2 Å². The molecule has 0 saturated carbocycles. The SMILES string of the molecule is CNC(=S)P(=O)(OC)C(CC(C)C)NC(=O)OCc1ccccc1. The minimum Gasteiger partial charge on any atom is -0.445 e. The zero-order valence-corrected chi connectivity index (χ0v) is 16.2. The van der Waals surface area contributed by atoms with Gasteiger partial charge < -0.3 is 19.9 Å². The molecule has 1 aromatic carbocycles. The van der Waals surface area contributed by atoms with Crippen LogP contribution in [0.5, 0.6) is 0 Å². The average molecular weight is 372 g/mol. The van der Waals surface area contributed by atoms with Gasteiger partial charge in [-0.3, -0.25) is 4.57 Å². The first-order chi connectivity index (χ1) is 11.3. The molecule has 0 heterocycles. The first-order valence-corrected chi connectivity index (χ1v) is 9.78. The quantitative estimate of drug-likeness (QED) is 0.535. The molecule has 6 nitrogen and oxygen atoms in total. The minimum absolute atomic E-state index is 0.0963. The van der Waals surface area contributed by atoms with Crippen molar-refractivity contribution < 1.29 is 18.6 Å². The molecule has 134 valence electrons. The smallest absolute Gasteiger partial charge is 0.408 e. The van der Waals surface area contributed by atoms with E-state index in [-0.39, 0.29) is 17.3 Å². The Morgan fingerprint density at radius 2 is 1.92 bits per heavy atom. The van der Waals surface area contributed by atoms with Crippen molar-refractivity contribution >= 4 is 30.4 Å². The molecule has 0 aliphatic carbocycles. The third kappa shape index (κ3) is 5.89. The predicted molar refractivity (Wildman–Crippen MR) is 99.3 cm³/mol. The number of thiocarbonyl (C=S) groups is 1. The first-order valence-electron chi connectivity index (χ1n) is 7.68. The second-order valence-corrected chi connectivity index (χ2v) is 9.03. The number of hydrogen-bond acceptors (Lipinski definition) is 5. The van der Waals surface area contributed by atoms with Crippen LogP contribution in [-0.4, -0.2) is 30.8 Å². The summed E-state index contributed by atoms with van der Waals surface area (Å²) in [5.74, 6) is -0.557. The number of carbonyl (C=O) groups is 1. The van der Waals surface area contributed by atoms with Crippen LogP contribution in [0, 0.1) is 5.92 Å². The summed E-state index contributed by atoms with van der Waals surface area (Å²) in [5.41, 5.74) is 0.869. The predicted octanol–water partition coefficient (Wildman–Crippen LogP) is 3.71. The van der Waals surface area contributed by atoms with Crippen LogP contribution in [0.25, 0.3) is 0 Å². The zero-order valence-electron chi connectivity index (χ0n) is 14.4. The van der Waals surface area contributed by atoms with E-state index in [0.717, 1.165) is 5.56 Å². The Morgan fingerprint density at radius 3 is 2.42 bits per heavy atom. The summed E-state index contributed by atoms with van der Waals surface area (Å²) < 4.78 is 23.6. The summed E-state index contributed by atoms with van der Waals surface area (Å²) in [5, 5.41) is 5.34. The number of amides is 1. The summed E-state index contributed by atoms with van der Waals surface area (Å²) in [4.78, 5) is 12.1. The lowest BCUT2D eigenvalue weighted by Gasteiger charge is -2.28. The molecule has 0 aliphatic heterocycles. The van der Waals surface area contributed by atoms with Crippen LogP contribution >= 0.6 is 19.6 Å². The van der Waals surface area contributed by atoms with Crippen molar-refractivity contribution in [2.45, 2.75) is 32.7 Å². The maximum Gasteiger partial charge on any atom is 0.408 e. The number of alkyl carbamates (subject to hydrolysis) is 1. The third-order valence-corrected chi connectivity index (χ3v) is 6.83. The molecule has 0 radical (unpaired) electrons. The minimum atomic E-state index is -3.40. The fourth-order valence-corrected chi connectivity index (χ4v) is 4.73. The maximum atomic E-state index is 13.1. The van der Waals surface area contributed by atoms with E-state index in [0.29, 0.717) is 6.42 Å². The van der Waals surface area contributed by atoms with Crippen molar-refractivity contribution in [3.8, 4) is 0 Å². The number of carbonyl (C=O) groups excluding carboxylic acids is 1. The van der Waals surface area contributed by atoms with Crippen LogP contribution in [0.3, 0.4) is 0 Å². The molecule has 1 aromatic rings. The standard InChI is InChI=1S/C16H25N2O4PS/c1-12(2)10-14(23(20,21-4)16(24)17-3)18-15(19)22-11-13-8-6-5-7-9-13/h5-9,12,14H,10-11H2,1-4H3,(H,17,24)(H,18,19). The van der Waals surface area contributed by atoms with Crippen molar-refractivity contribution in [2.24, 2.45) is 5.92 Å². The van der Waals surface area contributed by atoms with Gasteiger partial charge >= 0.3 is 6.09 Å². The van der Waals surface area contributed by atoms with Gasteiger partial charge in [-0.15, -0.1) is 0 Å². The number of rotatable bonds is 8. The zero-order chi connectivity index (χ0) is 18.2. The number of nitrogens with one attached hydrogen (secondary N) is 2. The van der Waals surface area contributed by atoms with E-state index in [9.17, 15) is 9.36 Å². The van der Waals surface area contributed by atoms with E-state index in [1.165, 1.54) is 7.11 Å². The Morgan fingerprint density at radius 1 is 1.29 bits per heavy atom. The lowest BCUT2D eigenvalue weighted by Crippen LogP contribution is -2.39. The van der Waals surface area contributed by atoms with Gasteiger partial charge in [0.1, 0.15) is 12.4 Å². The molecule has 0 aromatic heterocycles. The molecule has 2 atom stereocenters. The van der Waals surface area contributed by atoms with Crippen LogP contribution < -0.4 is 10.6 Å². The van der Waals surface area contributed by atoms with Crippen molar-refractivity contribution in [3.63, 3.8) is 0 Å². The highest BCUT2D eigenvalue weighted by atomic mass is 32.1. The molecule has 2 N–H and O–H groups in total. The lowest BCUT2D eigenvalue weighted by molar-refractivity contribution is 0.137. The molecule has 0 saturated heterocycles. The number of ether oxygens (including phenoxy) is 1. The van der Waals surface area contributed by atoms with Gasteiger partial charge in [-0.25, -0.2) is 4.79 Å². The van der Waals surface area contributed by atoms with E-state index in [2.05, 4.69) is 10.6 Å². The highest BCUT2D eigenvalue weighted by molar-refractivity contribution is 7.99. The summed E-state index contributed by atoms with van der Waals surface area (Å²) >= 11 is 5.12. The Kier molecular flexibility index (Phi) is 8.39. The van der Waals surface area contributed by atoms with Gasteiger partial charge in [-0.1, -0.05) is 56.4 Å². The normalized spacial score (nSPS) is 14.5. The van der Waals surface area contributed by atoms with E-state index in [4.69, 9.17) is 21.5 Å². The summed E-state index contributed by atoms with van der Waals surface area (Å²) in [7, 11) is -0.491. The van der Waals surface area contributed by atoms with E-state index in [1.807, 2.05) is 44.2 Å². The second-order valence-electron chi connectivity index (χ2n) is 5.69. The molecule has 2 unspecified atom stereocenters. The van der Waals surface area contributed by atoms with Gasteiger partial charge in [0.05, 0.1) is 0 Å². The second kappa shape index (κ2) is 9.77. The van der Waals surface area contributed by atoms with Crippen LogP contribution in [0.15, 0.2) is 30.3 Å².